The van der Waals surface area contributed by atoms with E-state index in [1.54, 1.807) is 20.3 Å². The first kappa shape index (κ1) is 8.01. The van der Waals surface area contributed by atoms with E-state index in [1.165, 1.54) is 0 Å². The molecule has 1 aromatic rings. The van der Waals surface area contributed by atoms with Crippen molar-refractivity contribution >= 4 is 0 Å². The standard InChI is InChI=1S/C8H11NO2/c1-10-6-7-4-3-5-8(9-7)11-2/h3-5H,6H2,1-2H3. The second kappa shape index (κ2) is 3.93. The first-order valence-corrected chi connectivity index (χ1v) is 3.35. The Bertz CT molecular complexity index is 225. The molecule has 0 aromatic carbocycles. The smallest absolute Gasteiger partial charge is 0.213 e. The summed E-state index contributed by atoms with van der Waals surface area (Å²) in [6, 6.07) is 5.59. The zero-order valence-corrected chi connectivity index (χ0v) is 6.70. The molecule has 1 rings (SSSR count). The van der Waals surface area contributed by atoms with Gasteiger partial charge in [0.15, 0.2) is 0 Å². The first-order valence-electron chi connectivity index (χ1n) is 3.35. The quantitative estimate of drug-likeness (QED) is 0.654. The zero-order valence-electron chi connectivity index (χ0n) is 6.70. The monoisotopic (exact) mass is 153 g/mol. The van der Waals surface area contributed by atoms with Gasteiger partial charge in [0.2, 0.25) is 5.88 Å². The summed E-state index contributed by atoms with van der Waals surface area (Å²) in [7, 11) is 3.24. The second-order valence-electron chi connectivity index (χ2n) is 2.10. The minimum atomic E-state index is 0.525. The maximum atomic E-state index is 4.93. The van der Waals surface area contributed by atoms with Crippen LogP contribution < -0.4 is 4.74 Å². The highest BCUT2D eigenvalue weighted by Gasteiger charge is 1.94. The molecule has 0 spiro atoms. The Labute approximate surface area is 66.0 Å². The minimum Gasteiger partial charge on any atom is -0.481 e. The van der Waals surface area contributed by atoms with Crippen molar-refractivity contribution in [2.75, 3.05) is 14.2 Å². The summed E-state index contributed by atoms with van der Waals surface area (Å²) in [6.07, 6.45) is 0. The van der Waals surface area contributed by atoms with Crippen LogP contribution in [0, 0.1) is 0 Å². The van der Waals surface area contributed by atoms with Gasteiger partial charge in [-0.1, -0.05) is 6.07 Å². The maximum Gasteiger partial charge on any atom is 0.213 e. The van der Waals surface area contributed by atoms with Crippen molar-refractivity contribution in [3.05, 3.63) is 23.9 Å². The molecule has 0 fully saturated rings. The topological polar surface area (TPSA) is 31.4 Å². The number of pyridine rings is 1. The summed E-state index contributed by atoms with van der Waals surface area (Å²) < 4.78 is 9.84. The third kappa shape index (κ3) is 2.20. The van der Waals surface area contributed by atoms with Gasteiger partial charge in [-0.25, -0.2) is 4.98 Å². The lowest BCUT2D eigenvalue weighted by atomic mass is 10.4. The van der Waals surface area contributed by atoms with Gasteiger partial charge in [0.05, 0.1) is 19.4 Å². The number of methoxy groups -OCH3 is 2. The van der Waals surface area contributed by atoms with Gasteiger partial charge in [0, 0.05) is 13.2 Å². The van der Waals surface area contributed by atoms with E-state index in [0.717, 1.165) is 5.69 Å². The molecule has 0 atom stereocenters. The number of nitrogens with zero attached hydrogens (tertiary/aromatic N) is 1. The minimum absolute atomic E-state index is 0.525. The van der Waals surface area contributed by atoms with Gasteiger partial charge in [-0.05, 0) is 6.07 Å². The van der Waals surface area contributed by atoms with Crippen LogP contribution in [-0.4, -0.2) is 19.2 Å². The van der Waals surface area contributed by atoms with Crippen LogP contribution in [0.2, 0.25) is 0 Å². The van der Waals surface area contributed by atoms with Crippen molar-refractivity contribution in [2.45, 2.75) is 6.61 Å². The molecule has 1 heterocycles. The second-order valence-corrected chi connectivity index (χ2v) is 2.10. The molecule has 1 aromatic heterocycles. The molecule has 3 heteroatoms. The van der Waals surface area contributed by atoms with Crippen LogP contribution in [0.25, 0.3) is 0 Å². The van der Waals surface area contributed by atoms with Gasteiger partial charge in [0.1, 0.15) is 0 Å². The van der Waals surface area contributed by atoms with Crippen molar-refractivity contribution < 1.29 is 9.47 Å². The number of aromatic nitrogens is 1. The predicted molar refractivity (Wildman–Crippen MR) is 41.5 cm³/mol. The van der Waals surface area contributed by atoms with Crippen LogP contribution in [0.3, 0.4) is 0 Å². The van der Waals surface area contributed by atoms with E-state index < -0.39 is 0 Å². The highest BCUT2D eigenvalue weighted by Crippen LogP contribution is 2.06. The molecule has 0 unspecified atom stereocenters. The van der Waals surface area contributed by atoms with E-state index in [9.17, 15) is 0 Å². The molecule has 0 radical (unpaired) electrons. The predicted octanol–water partition coefficient (Wildman–Crippen LogP) is 1.24. The Balaban J connectivity index is 2.74. The molecule has 11 heavy (non-hydrogen) atoms. The fourth-order valence-electron chi connectivity index (χ4n) is 0.800. The summed E-state index contributed by atoms with van der Waals surface area (Å²) in [5, 5.41) is 0. The first-order chi connectivity index (χ1) is 5.36. The molecule has 3 nitrogen and oxygen atoms in total. The SMILES string of the molecule is COCc1cccc(OC)n1. The molecule has 0 amide bonds. The molecule has 0 bridgehead atoms. The third-order valence-electron chi connectivity index (χ3n) is 1.28. The Kier molecular flexibility index (Phi) is 2.86. The molecule has 0 N–H and O–H groups in total. The van der Waals surface area contributed by atoms with Gasteiger partial charge < -0.3 is 9.47 Å². The van der Waals surface area contributed by atoms with Gasteiger partial charge in [-0.15, -0.1) is 0 Å². The largest absolute Gasteiger partial charge is 0.481 e. The van der Waals surface area contributed by atoms with Gasteiger partial charge >= 0.3 is 0 Å². The highest BCUT2D eigenvalue weighted by molar-refractivity contribution is 5.14. The average molecular weight is 153 g/mol. The third-order valence-corrected chi connectivity index (χ3v) is 1.28. The summed E-state index contributed by atoms with van der Waals surface area (Å²) in [6.45, 7) is 0.525. The Morgan fingerprint density at radius 1 is 1.36 bits per heavy atom. The molecule has 0 aliphatic heterocycles. The number of rotatable bonds is 3. The van der Waals surface area contributed by atoms with Gasteiger partial charge in [-0.2, -0.15) is 0 Å². The molecular formula is C8H11NO2. The van der Waals surface area contributed by atoms with Crippen molar-refractivity contribution in [2.24, 2.45) is 0 Å². The zero-order chi connectivity index (χ0) is 8.10. The Morgan fingerprint density at radius 2 is 2.18 bits per heavy atom. The van der Waals surface area contributed by atoms with Crippen molar-refractivity contribution in [3.8, 4) is 5.88 Å². The van der Waals surface area contributed by atoms with E-state index >= 15 is 0 Å². The molecule has 0 saturated heterocycles. The average Bonchev–Trinajstić information content (AvgIpc) is 2.06. The van der Waals surface area contributed by atoms with Crippen molar-refractivity contribution in [1.29, 1.82) is 0 Å². The summed E-state index contributed by atoms with van der Waals surface area (Å²) in [5.41, 5.74) is 0.881. The lowest BCUT2D eigenvalue weighted by Gasteiger charge is -2.00. The van der Waals surface area contributed by atoms with Crippen LogP contribution in [0.1, 0.15) is 5.69 Å². The van der Waals surface area contributed by atoms with Gasteiger partial charge in [0.25, 0.3) is 0 Å². The number of hydrogen-bond donors (Lipinski definition) is 0. The van der Waals surface area contributed by atoms with E-state index in [0.29, 0.717) is 12.5 Å². The number of hydrogen-bond acceptors (Lipinski definition) is 3. The van der Waals surface area contributed by atoms with Crippen LogP contribution in [0.15, 0.2) is 18.2 Å². The normalized spacial score (nSPS) is 9.64. The lowest BCUT2D eigenvalue weighted by molar-refractivity contribution is 0.180. The van der Waals surface area contributed by atoms with Gasteiger partial charge in [-0.3, -0.25) is 0 Å². The van der Waals surface area contributed by atoms with E-state index in [-0.39, 0.29) is 0 Å². The summed E-state index contributed by atoms with van der Waals surface area (Å²) >= 11 is 0. The molecule has 0 saturated carbocycles. The molecule has 0 aliphatic carbocycles. The van der Waals surface area contributed by atoms with E-state index in [2.05, 4.69) is 4.98 Å². The number of ether oxygens (including phenoxy) is 2. The Hall–Kier alpha value is -1.09. The van der Waals surface area contributed by atoms with Crippen LogP contribution in [-0.2, 0) is 11.3 Å². The Morgan fingerprint density at radius 3 is 2.82 bits per heavy atom. The molecule has 0 aliphatic rings. The van der Waals surface area contributed by atoms with Crippen LogP contribution in [0.5, 0.6) is 5.88 Å². The molecular weight excluding hydrogens is 142 g/mol. The van der Waals surface area contributed by atoms with Crippen LogP contribution >= 0.6 is 0 Å². The van der Waals surface area contributed by atoms with E-state index in [1.807, 2.05) is 12.1 Å². The maximum absolute atomic E-state index is 4.93. The summed E-state index contributed by atoms with van der Waals surface area (Å²) in [4.78, 5) is 4.13. The van der Waals surface area contributed by atoms with Crippen molar-refractivity contribution in [1.82, 2.24) is 4.98 Å². The van der Waals surface area contributed by atoms with Crippen LogP contribution in [0.4, 0.5) is 0 Å². The van der Waals surface area contributed by atoms with E-state index in [4.69, 9.17) is 9.47 Å². The fraction of sp³-hybridized carbons (Fsp3) is 0.375. The molecule has 60 valence electrons. The lowest BCUT2D eigenvalue weighted by Crippen LogP contribution is -1.94. The van der Waals surface area contributed by atoms with Crippen molar-refractivity contribution in [3.63, 3.8) is 0 Å². The highest BCUT2D eigenvalue weighted by atomic mass is 16.5. The fourth-order valence-corrected chi connectivity index (χ4v) is 0.800. The summed E-state index contributed by atoms with van der Waals surface area (Å²) in [5.74, 6) is 0.625.